The molecule has 0 radical (unpaired) electrons. The molecular formula is C12H14O6. The van der Waals surface area contributed by atoms with E-state index in [4.69, 9.17) is 4.42 Å². The minimum atomic E-state index is -0.902. The van der Waals surface area contributed by atoms with E-state index in [0.29, 0.717) is 0 Å². The fraction of sp³-hybridized carbons (Fsp3) is 0.417. The number of carbonyl (C=O) groups excluding carboxylic acids is 2. The molecule has 0 aliphatic carbocycles. The van der Waals surface area contributed by atoms with Gasteiger partial charge in [0.1, 0.15) is 17.1 Å². The first kappa shape index (κ1) is 14.0. The summed E-state index contributed by atoms with van der Waals surface area (Å²) in [6.07, 6.45) is -0.348. The van der Waals surface area contributed by atoms with Gasteiger partial charge in [0.05, 0.1) is 13.0 Å². The van der Waals surface area contributed by atoms with Crippen LogP contribution in [-0.2, 0) is 9.53 Å². The van der Waals surface area contributed by atoms with Crippen molar-refractivity contribution in [1.82, 2.24) is 0 Å². The Kier molecular flexibility index (Phi) is 4.65. The summed E-state index contributed by atoms with van der Waals surface area (Å²) in [7, 11) is 0. The first-order valence-corrected chi connectivity index (χ1v) is 5.48. The summed E-state index contributed by atoms with van der Waals surface area (Å²) < 4.78 is 9.36. The van der Waals surface area contributed by atoms with E-state index in [0.717, 1.165) is 0 Å². The molecule has 1 N–H and O–H groups in total. The summed E-state index contributed by atoms with van der Waals surface area (Å²) >= 11 is 0. The fourth-order valence-corrected chi connectivity index (χ4v) is 1.43. The standard InChI is InChI=1S/C12H14O6/c1-3-17-10(15)5-4-8(13)11-9(14)6-7(2)18-12(11)16/h6,14H,3-5H2,1-2H3. The molecule has 98 valence electrons. The minimum absolute atomic E-state index is 0.139. The zero-order valence-corrected chi connectivity index (χ0v) is 10.2. The smallest absolute Gasteiger partial charge is 0.350 e. The summed E-state index contributed by atoms with van der Waals surface area (Å²) in [5.41, 5.74) is -1.33. The number of Topliss-reactive ketones (excluding diaryl/α,β-unsaturated/α-hetero) is 1. The molecule has 1 rings (SSSR count). The second-order valence-electron chi connectivity index (χ2n) is 3.63. The molecule has 1 aromatic heterocycles. The average Bonchev–Trinajstić information content (AvgIpc) is 2.25. The van der Waals surface area contributed by atoms with E-state index in [-0.39, 0.29) is 25.2 Å². The zero-order valence-electron chi connectivity index (χ0n) is 10.2. The molecule has 0 atom stereocenters. The van der Waals surface area contributed by atoms with Gasteiger partial charge in [-0.1, -0.05) is 0 Å². The first-order valence-electron chi connectivity index (χ1n) is 5.48. The van der Waals surface area contributed by atoms with Crippen LogP contribution in [0.25, 0.3) is 0 Å². The van der Waals surface area contributed by atoms with E-state index in [1.54, 1.807) is 6.92 Å². The highest BCUT2D eigenvalue weighted by molar-refractivity contribution is 5.99. The van der Waals surface area contributed by atoms with Crippen LogP contribution < -0.4 is 5.63 Å². The maximum absolute atomic E-state index is 11.7. The quantitative estimate of drug-likeness (QED) is 0.626. The Morgan fingerprint density at radius 2 is 2.06 bits per heavy atom. The fourth-order valence-electron chi connectivity index (χ4n) is 1.43. The number of ketones is 1. The van der Waals surface area contributed by atoms with Crippen molar-refractivity contribution in [2.24, 2.45) is 0 Å². The van der Waals surface area contributed by atoms with Gasteiger partial charge >= 0.3 is 11.6 Å². The normalized spacial score (nSPS) is 10.1. The molecule has 0 aliphatic heterocycles. The lowest BCUT2D eigenvalue weighted by Crippen LogP contribution is -2.16. The molecule has 1 heterocycles. The summed E-state index contributed by atoms with van der Waals surface area (Å²) in [5.74, 6) is -1.40. The number of carbonyl (C=O) groups is 2. The van der Waals surface area contributed by atoms with Gasteiger partial charge in [0.15, 0.2) is 5.78 Å². The Morgan fingerprint density at radius 1 is 1.39 bits per heavy atom. The highest BCUT2D eigenvalue weighted by Gasteiger charge is 2.19. The number of esters is 1. The van der Waals surface area contributed by atoms with Crippen molar-refractivity contribution < 1.29 is 23.8 Å². The van der Waals surface area contributed by atoms with E-state index in [2.05, 4.69) is 4.74 Å². The number of aryl methyl sites for hydroxylation is 1. The molecule has 0 bridgehead atoms. The van der Waals surface area contributed by atoms with E-state index in [1.807, 2.05) is 0 Å². The molecule has 0 fully saturated rings. The third kappa shape index (κ3) is 3.44. The van der Waals surface area contributed by atoms with Crippen LogP contribution in [0.5, 0.6) is 5.75 Å². The Morgan fingerprint density at radius 3 is 2.61 bits per heavy atom. The molecule has 0 unspecified atom stereocenters. The monoisotopic (exact) mass is 254 g/mol. The van der Waals surface area contributed by atoms with Gasteiger partial charge in [-0.15, -0.1) is 0 Å². The molecule has 6 nitrogen and oxygen atoms in total. The van der Waals surface area contributed by atoms with Crippen LogP contribution in [0.2, 0.25) is 0 Å². The van der Waals surface area contributed by atoms with Crippen molar-refractivity contribution in [3.63, 3.8) is 0 Å². The molecule has 18 heavy (non-hydrogen) atoms. The molecular weight excluding hydrogens is 240 g/mol. The summed E-state index contributed by atoms with van der Waals surface area (Å²) in [4.78, 5) is 34.2. The Bertz CT molecular complexity index is 514. The maximum Gasteiger partial charge on any atom is 0.350 e. The zero-order chi connectivity index (χ0) is 13.7. The first-order chi connectivity index (χ1) is 8.45. The van der Waals surface area contributed by atoms with Crippen molar-refractivity contribution in [3.05, 3.63) is 27.8 Å². The molecule has 0 spiro atoms. The molecule has 0 saturated carbocycles. The van der Waals surface area contributed by atoms with Crippen LogP contribution in [0.15, 0.2) is 15.3 Å². The predicted octanol–water partition coefficient (Wildman–Crippen LogP) is 1.18. The number of aromatic hydroxyl groups is 1. The van der Waals surface area contributed by atoms with Crippen LogP contribution in [0.1, 0.15) is 35.9 Å². The van der Waals surface area contributed by atoms with Gasteiger partial charge in [0, 0.05) is 12.5 Å². The number of rotatable bonds is 5. The number of hydrogen-bond acceptors (Lipinski definition) is 6. The lowest BCUT2D eigenvalue weighted by Gasteiger charge is -2.03. The van der Waals surface area contributed by atoms with Gasteiger partial charge in [-0.3, -0.25) is 9.59 Å². The largest absolute Gasteiger partial charge is 0.507 e. The van der Waals surface area contributed by atoms with Crippen molar-refractivity contribution >= 4 is 11.8 Å². The second-order valence-corrected chi connectivity index (χ2v) is 3.63. The third-order valence-corrected chi connectivity index (χ3v) is 2.19. The van der Waals surface area contributed by atoms with E-state index >= 15 is 0 Å². The summed E-state index contributed by atoms with van der Waals surface area (Å²) in [6, 6.07) is 1.18. The van der Waals surface area contributed by atoms with Crippen LogP contribution >= 0.6 is 0 Å². The SMILES string of the molecule is CCOC(=O)CCC(=O)c1c(O)cc(C)oc1=O. The molecule has 1 aromatic rings. The highest BCUT2D eigenvalue weighted by Crippen LogP contribution is 2.16. The van der Waals surface area contributed by atoms with Gasteiger partial charge in [0.25, 0.3) is 0 Å². The van der Waals surface area contributed by atoms with Crippen molar-refractivity contribution in [2.75, 3.05) is 6.61 Å². The van der Waals surface area contributed by atoms with Crippen molar-refractivity contribution in [1.29, 1.82) is 0 Å². The molecule has 0 amide bonds. The van der Waals surface area contributed by atoms with Crippen molar-refractivity contribution in [3.8, 4) is 5.75 Å². The Hall–Kier alpha value is -2.11. The lowest BCUT2D eigenvalue weighted by molar-refractivity contribution is -0.143. The predicted molar refractivity (Wildman–Crippen MR) is 61.6 cm³/mol. The topological polar surface area (TPSA) is 93.8 Å². The van der Waals surface area contributed by atoms with Gasteiger partial charge in [-0.05, 0) is 13.8 Å². The third-order valence-electron chi connectivity index (χ3n) is 2.19. The van der Waals surface area contributed by atoms with Gasteiger partial charge < -0.3 is 14.3 Å². The van der Waals surface area contributed by atoms with E-state index in [9.17, 15) is 19.5 Å². The Labute approximate surface area is 103 Å². The number of hydrogen-bond donors (Lipinski definition) is 1. The second kappa shape index (κ2) is 6.00. The molecule has 0 aliphatic rings. The van der Waals surface area contributed by atoms with Crippen LogP contribution in [0.3, 0.4) is 0 Å². The molecule has 0 saturated heterocycles. The highest BCUT2D eigenvalue weighted by atomic mass is 16.5. The minimum Gasteiger partial charge on any atom is -0.507 e. The molecule has 0 aromatic carbocycles. The van der Waals surface area contributed by atoms with Crippen LogP contribution in [0.4, 0.5) is 0 Å². The number of ether oxygens (including phenoxy) is 1. The Balaban J connectivity index is 2.80. The van der Waals surface area contributed by atoms with E-state index in [1.165, 1.54) is 13.0 Å². The lowest BCUT2D eigenvalue weighted by atomic mass is 10.1. The van der Waals surface area contributed by atoms with Gasteiger partial charge in [-0.25, -0.2) is 4.79 Å². The summed E-state index contributed by atoms with van der Waals surface area (Å²) in [5, 5.41) is 9.51. The average molecular weight is 254 g/mol. The van der Waals surface area contributed by atoms with Gasteiger partial charge in [0.2, 0.25) is 0 Å². The van der Waals surface area contributed by atoms with Crippen LogP contribution in [0, 0.1) is 6.92 Å². The molecule has 6 heteroatoms. The summed E-state index contributed by atoms with van der Waals surface area (Å²) in [6.45, 7) is 3.36. The maximum atomic E-state index is 11.7. The van der Waals surface area contributed by atoms with Crippen LogP contribution in [-0.4, -0.2) is 23.5 Å². The van der Waals surface area contributed by atoms with E-state index < -0.39 is 28.7 Å². The van der Waals surface area contributed by atoms with Crippen molar-refractivity contribution in [2.45, 2.75) is 26.7 Å². The van der Waals surface area contributed by atoms with Gasteiger partial charge in [-0.2, -0.15) is 0 Å².